The minimum atomic E-state index is -0.442. The first kappa shape index (κ1) is 32.6. The number of allylic oxidation sites excluding steroid dienone is 10. The van der Waals surface area contributed by atoms with Crippen molar-refractivity contribution in [1.82, 2.24) is 18.3 Å². The number of hydrogen-bond donors (Lipinski definition) is 0. The highest BCUT2D eigenvalue weighted by molar-refractivity contribution is 6.17. The van der Waals surface area contributed by atoms with Crippen molar-refractivity contribution in [1.29, 1.82) is 0 Å². The van der Waals surface area contributed by atoms with Gasteiger partial charge in [0.15, 0.2) is 0 Å². The molecule has 12 aliphatic rings. The lowest BCUT2D eigenvalue weighted by Gasteiger charge is -2.38. The molecule has 0 saturated carbocycles. The van der Waals surface area contributed by atoms with Gasteiger partial charge in [0.25, 0.3) is 0 Å². The van der Waals surface area contributed by atoms with Crippen LogP contribution in [-0.4, -0.2) is 59.4 Å². The van der Waals surface area contributed by atoms with E-state index in [1.54, 1.807) is 0 Å². The Morgan fingerprint density at radius 3 is 1.16 bits per heavy atom. The van der Waals surface area contributed by atoms with Crippen molar-refractivity contribution in [3.05, 3.63) is 175 Å². The van der Waals surface area contributed by atoms with E-state index in [1.807, 2.05) is 0 Å². The largest absolute Gasteiger partial charge is 0.553 e. The summed E-state index contributed by atoms with van der Waals surface area (Å²) in [5.41, 5.74) is 17.9. The van der Waals surface area contributed by atoms with Crippen molar-refractivity contribution in [2.75, 3.05) is 0 Å². The summed E-state index contributed by atoms with van der Waals surface area (Å²) in [6.45, 7) is 4.48. The molecule has 2 unspecified atom stereocenters. The molecule has 0 bridgehead atoms. The van der Waals surface area contributed by atoms with E-state index < -0.39 is 11.8 Å². The van der Waals surface area contributed by atoms with Crippen LogP contribution < -0.4 is 21.4 Å². The summed E-state index contributed by atoms with van der Waals surface area (Å²) in [5, 5.41) is 5.02. The van der Waals surface area contributed by atoms with Crippen molar-refractivity contribution in [3.63, 3.8) is 0 Å². The SMILES string of the molecule is C.C.C.C.CC1=C2C=CC3=[N+]2C24n5c(ccc5C=c5ccc(n52)=C3)C=C2C=CC1=[N+]24.CC1=C2C=CC3=[N+]2C24n5c(ccc5C=c5ccc(n52)=C3)C=C2C=CC1=[N+]24. The van der Waals surface area contributed by atoms with Gasteiger partial charge in [-0.3, -0.25) is 0 Å². The van der Waals surface area contributed by atoms with E-state index in [-0.39, 0.29) is 29.7 Å². The summed E-state index contributed by atoms with van der Waals surface area (Å²) in [6, 6.07) is 18.0. The molecule has 12 aliphatic heterocycles. The first-order valence-corrected chi connectivity index (χ1v) is 18.1. The molecule has 0 aliphatic carbocycles. The molecule has 8 nitrogen and oxygen atoms in total. The number of rotatable bonds is 0. The van der Waals surface area contributed by atoms with Gasteiger partial charge in [-0.2, -0.15) is 18.3 Å². The molecule has 2 spiro atoms. The van der Waals surface area contributed by atoms with Crippen LogP contribution in [0, 0.1) is 0 Å². The van der Waals surface area contributed by atoms with Gasteiger partial charge in [-0.15, -0.1) is 0 Å². The highest BCUT2D eigenvalue weighted by Gasteiger charge is 2.72. The van der Waals surface area contributed by atoms with Crippen LogP contribution in [0.4, 0.5) is 0 Å². The third kappa shape index (κ3) is 2.94. The fourth-order valence-corrected chi connectivity index (χ4v) is 11.3. The number of hydrogen-bond acceptors (Lipinski definition) is 0. The Hall–Kier alpha value is -6.80. The molecule has 272 valence electrons. The summed E-state index contributed by atoms with van der Waals surface area (Å²) in [5.74, 6) is -0.884. The maximum atomic E-state index is 2.52. The lowest BCUT2D eigenvalue weighted by molar-refractivity contribution is -0.837. The highest BCUT2D eigenvalue weighted by atomic mass is 15.6. The Kier molecular flexibility index (Phi) is 5.65. The van der Waals surface area contributed by atoms with Crippen molar-refractivity contribution in [2.24, 2.45) is 0 Å². The molecule has 2 atom stereocenters. The first-order valence-electron chi connectivity index (χ1n) is 18.1. The van der Waals surface area contributed by atoms with Crippen LogP contribution in [0.3, 0.4) is 0 Å². The summed E-state index contributed by atoms with van der Waals surface area (Å²) in [4.78, 5) is 0. The molecular formula is C48H44N8+4. The Bertz CT molecular complexity index is 3170. The molecule has 0 amide bonds. The molecular weight excluding hydrogens is 689 g/mol. The zero-order chi connectivity index (χ0) is 33.6. The maximum absolute atomic E-state index is 2.52. The zero-order valence-electron chi connectivity index (χ0n) is 28.3. The topological polar surface area (TPSA) is 31.8 Å². The number of aromatic nitrogens is 4. The second-order valence-electron chi connectivity index (χ2n) is 15.3. The van der Waals surface area contributed by atoms with E-state index in [0.717, 1.165) is 0 Å². The molecule has 56 heavy (non-hydrogen) atoms. The summed E-state index contributed by atoms with van der Waals surface area (Å²) >= 11 is 0. The normalized spacial score (nSPS) is 25.0. The van der Waals surface area contributed by atoms with Crippen molar-refractivity contribution < 1.29 is 18.3 Å². The van der Waals surface area contributed by atoms with E-state index in [9.17, 15) is 0 Å². The number of nitrogens with zero attached hydrogens (tertiary/aromatic N) is 8. The van der Waals surface area contributed by atoms with Crippen LogP contribution in [0.2, 0.25) is 0 Å². The lowest BCUT2D eigenvalue weighted by atomic mass is 10.1. The zero-order valence-corrected chi connectivity index (χ0v) is 28.3. The second-order valence-corrected chi connectivity index (χ2v) is 15.3. The molecule has 4 aromatic heterocycles. The summed E-state index contributed by atoms with van der Waals surface area (Å²) < 4.78 is 20.0. The van der Waals surface area contributed by atoms with Gasteiger partial charge < -0.3 is 0 Å². The molecule has 4 aromatic rings. The van der Waals surface area contributed by atoms with E-state index in [4.69, 9.17) is 0 Å². The van der Waals surface area contributed by atoms with Crippen LogP contribution in [-0.2, 0) is 11.8 Å². The van der Waals surface area contributed by atoms with Crippen LogP contribution in [0.25, 0.3) is 36.5 Å². The fourth-order valence-electron chi connectivity index (χ4n) is 11.3. The van der Waals surface area contributed by atoms with Crippen molar-refractivity contribution >= 4 is 59.3 Å². The van der Waals surface area contributed by atoms with Crippen LogP contribution in [0.15, 0.2) is 131 Å². The van der Waals surface area contributed by atoms with Gasteiger partial charge in [-0.1, -0.05) is 48.0 Å². The Morgan fingerprint density at radius 1 is 0.375 bits per heavy atom. The minimum absolute atomic E-state index is 0. The molecule has 16 heterocycles. The Morgan fingerprint density at radius 2 is 0.750 bits per heavy atom. The predicted molar refractivity (Wildman–Crippen MR) is 225 cm³/mol. The van der Waals surface area contributed by atoms with Crippen molar-refractivity contribution in [2.45, 2.75) is 55.4 Å². The maximum Gasteiger partial charge on any atom is 0.553 e. The smallest absolute Gasteiger partial charge is 0.199 e. The monoisotopic (exact) mass is 732 g/mol. The van der Waals surface area contributed by atoms with E-state index in [0.29, 0.717) is 0 Å². The standard InChI is InChI=1S/2C22H14N4.4CH4/c2*1-13-20-8-6-18-11-16-4-2-14-10-15-3-5-17-12-19-7-9-21(13)26(19)22(23(14)16,24(15)17)25(18)20;;;;/h2*2-12H,1H3;4*1H4/q2*+2;;;;. The molecule has 8 heteroatoms. The average Bonchev–Trinajstić information content (AvgIpc) is 4.00. The molecule has 0 radical (unpaired) electrons. The summed E-state index contributed by atoms with van der Waals surface area (Å²) in [6.07, 6.45) is 32.0. The van der Waals surface area contributed by atoms with Gasteiger partial charge in [-0.05, 0) is 74.5 Å². The molecule has 0 N–H and O–H groups in total. The lowest BCUT2D eigenvalue weighted by Crippen LogP contribution is -2.69. The van der Waals surface area contributed by atoms with E-state index >= 15 is 0 Å². The van der Waals surface area contributed by atoms with Crippen LogP contribution in [0.5, 0.6) is 0 Å². The quantitative estimate of drug-likeness (QED) is 0.237. The van der Waals surface area contributed by atoms with Crippen molar-refractivity contribution in [3.8, 4) is 0 Å². The molecule has 0 fully saturated rings. The molecule has 16 rings (SSSR count). The average molecular weight is 733 g/mol. The first-order chi connectivity index (χ1) is 25.6. The van der Waals surface area contributed by atoms with Gasteiger partial charge in [-0.25, -0.2) is 0 Å². The van der Waals surface area contributed by atoms with Crippen LogP contribution >= 0.6 is 0 Å². The molecule has 0 aromatic carbocycles. The summed E-state index contributed by atoms with van der Waals surface area (Å²) in [7, 11) is 0. The Balaban J connectivity index is 0.000000121. The van der Waals surface area contributed by atoms with Gasteiger partial charge in [0.05, 0.1) is 55.3 Å². The van der Waals surface area contributed by atoms with Gasteiger partial charge in [0.2, 0.25) is 45.6 Å². The van der Waals surface area contributed by atoms with E-state index in [2.05, 4.69) is 184 Å². The van der Waals surface area contributed by atoms with Gasteiger partial charge >= 0.3 is 11.8 Å². The van der Waals surface area contributed by atoms with Crippen LogP contribution in [0.1, 0.15) is 66.3 Å². The van der Waals surface area contributed by atoms with Gasteiger partial charge in [0.1, 0.15) is 0 Å². The predicted octanol–water partition coefficient (Wildman–Crippen LogP) is 4.61. The van der Waals surface area contributed by atoms with E-state index in [1.165, 1.54) is 101 Å². The third-order valence-electron chi connectivity index (χ3n) is 13.1. The third-order valence-corrected chi connectivity index (χ3v) is 13.1. The van der Waals surface area contributed by atoms with Gasteiger partial charge in [0, 0.05) is 72.9 Å². The molecule has 0 saturated heterocycles. The minimum Gasteiger partial charge on any atom is -0.199 e. The highest BCUT2D eigenvalue weighted by Crippen LogP contribution is 2.47. The Labute approximate surface area is 325 Å². The second kappa shape index (κ2) is 9.70. The fraction of sp³-hybridized carbons (Fsp3) is 0.167.